The Bertz CT molecular complexity index is 689. The van der Waals surface area contributed by atoms with Gasteiger partial charge in [0.1, 0.15) is 11.3 Å². The molecule has 0 amide bonds. The summed E-state index contributed by atoms with van der Waals surface area (Å²) in [6.45, 7) is 0. The average molecular weight is 260 g/mol. The normalized spacial score (nSPS) is 10.8. The first-order chi connectivity index (χ1) is 8.76. The molecule has 3 nitrogen and oxygen atoms in total. The molecule has 0 aliphatic heterocycles. The zero-order chi connectivity index (χ0) is 12.5. The van der Waals surface area contributed by atoms with E-state index in [0.29, 0.717) is 16.5 Å². The average Bonchev–Trinajstić information content (AvgIpc) is 2.82. The fourth-order valence-corrected chi connectivity index (χ4v) is 1.87. The lowest BCUT2D eigenvalue weighted by Gasteiger charge is -1.96. The highest BCUT2D eigenvalue weighted by Crippen LogP contribution is 2.27. The lowest BCUT2D eigenvalue weighted by molar-refractivity contribution is 0.414. The van der Waals surface area contributed by atoms with Gasteiger partial charge in [0.05, 0.1) is 7.11 Å². The number of aromatic nitrogens is 1. The van der Waals surface area contributed by atoms with E-state index in [1.54, 1.807) is 7.11 Å². The number of hydrogen-bond donors (Lipinski definition) is 0. The van der Waals surface area contributed by atoms with E-state index in [0.717, 1.165) is 16.8 Å². The molecule has 0 atom stereocenters. The Morgan fingerprint density at radius 3 is 2.61 bits per heavy atom. The standard InChI is InChI=1S/C14H10ClNO2/c1-17-11-6-7-12-13(8-11)18-14(16-12)9-2-4-10(15)5-3-9/h2-8H,1H3. The Hall–Kier alpha value is -2.00. The first-order valence-electron chi connectivity index (χ1n) is 5.47. The van der Waals surface area contributed by atoms with E-state index in [4.69, 9.17) is 20.8 Å². The predicted molar refractivity (Wildman–Crippen MR) is 71.0 cm³/mol. The van der Waals surface area contributed by atoms with Crippen molar-refractivity contribution in [1.29, 1.82) is 0 Å². The highest BCUT2D eigenvalue weighted by molar-refractivity contribution is 6.30. The largest absolute Gasteiger partial charge is 0.497 e. The van der Waals surface area contributed by atoms with Gasteiger partial charge in [0.15, 0.2) is 5.58 Å². The van der Waals surface area contributed by atoms with Gasteiger partial charge in [-0.2, -0.15) is 0 Å². The number of benzene rings is 2. The maximum absolute atomic E-state index is 5.85. The van der Waals surface area contributed by atoms with Crippen molar-refractivity contribution in [3.63, 3.8) is 0 Å². The quantitative estimate of drug-likeness (QED) is 0.693. The molecule has 3 aromatic rings. The summed E-state index contributed by atoms with van der Waals surface area (Å²) < 4.78 is 10.9. The van der Waals surface area contributed by atoms with Crippen molar-refractivity contribution in [3.8, 4) is 17.2 Å². The predicted octanol–water partition coefficient (Wildman–Crippen LogP) is 4.16. The molecule has 0 bridgehead atoms. The first-order valence-corrected chi connectivity index (χ1v) is 5.84. The minimum atomic E-state index is 0.579. The van der Waals surface area contributed by atoms with Crippen LogP contribution in [0.5, 0.6) is 5.75 Å². The van der Waals surface area contributed by atoms with Gasteiger partial charge in [-0.25, -0.2) is 4.98 Å². The third-order valence-corrected chi connectivity index (χ3v) is 2.94. The third kappa shape index (κ3) is 1.93. The Balaban J connectivity index is 2.10. The Morgan fingerprint density at radius 1 is 1.11 bits per heavy atom. The molecular formula is C14H10ClNO2. The van der Waals surface area contributed by atoms with E-state index in [1.165, 1.54) is 0 Å². The number of halogens is 1. The molecule has 0 radical (unpaired) electrons. The minimum absolute atomic E-state index is 0.579. The Labute approximate surface area is 109 Å². The number of hydrogen-bond acceptors (Lipinski definition) is 3. The molecule has 0 fully saturated rings. The van der Waals surface area contributed by atoms with Gasteiger partial charge in [-0.15, -0.1) is 0 Å². The fourth-order valence-electron chi connectivity index (χ4n) is 1.75. The summed E-state index contributed by atoms with van der Waals surface area (Å²) in [7, 11) is 1.62. The fraction of sp³-hybridized carbons (Fsp3) is 0.0714. The third-order valence-electron chi connectivity index (χ3n) is 2.69. The minimum Gasteiger partial charge on any atom is -0.497 e. The summed E-state index contributed by atoms with van der Waals surface area (Å²) in [5.74, 6) is 1.33. The molecule has 0 unspecified atom stereocenters. The lowest BCUT2D eigenvalue weighted by Crippen LogP contribution is -1.80. The van der Waals surface area contributed by atoms with Crippen LogP contribution in [0, 0.1) is 0 Å². The monoisotopic (exact) mass is 259 g/mol. The number of nitrogens with zero attached hydrogens (tertiary/aromatic N) is 1. The molecule has 0 saturated carbocycles. The summed E-state index contributed by atoms with van der Waals surface area (Å²) in [5, 5.41) is 0.691. The van der Waals surface area contributed by atoms with Crippen LogP contribution in [0.1, 0.15) is 0 Å². The molecule has 1 heterocycles. The summed E-state index contributed by atoms with van der Waals surface area (Å²) in [5.41, 5.74) is 2.41. The summed E-state index contributed by atoms with van der Waals surface area (Å²) in [6.07, 6.45) is 0. The molecule has 0 aliphatic carbocycles. The van der Waals surface area contributed by atoms with Crippen molar-refractivity contribution in [2.45, 2.75) is 0 Å². The van der Waals surface area contributed by atoms with Crippen molar-refractivity contribution >= 4 is 22.7 Å². The first kappa shape index (κ1) is 11.1. The van der Waals surface area contributed by atoms with Crippen molar-refractivity contribution in [2.75, 3.05) is 7.11 Å². The van der Waals surface area contributed by atoms with E-state index in [9.17, 15) is 0 Å². The molecule has 0 N–H and O–H groups in total. The SMILES string of the molecule is COc1ccc2nc(-c3ccc(Cl)cc3)oc2c1. The van der Waals surface area contributed by atoms with Crippen LogP contribution in [0.4, 0.5) is 0 Å². The highest BCUT2D eigenvalue weighted by Gasteiger charge is 2.08. The second kappa shape index (κ2) is 4.35. The number of fused-ring (bicyclic) bond motifs is 1. The highest BCUT2D eigenvalue weighted by atomic mass is 35.5. The maximum Gasteiger partial charge on any atom is 0.227 e. The molecule has 0 spiro atoms. The van der Waals surface area contributed by atoms with E-state index in [1.807, 2.05) is 42.5 Å². The van der Waals surface area contributed by atoms with Crippen LogP contribution < -0.4 is 4.74 Å². The number of methoxy groups -OCH3 is 1. The molecule has 0 saturated heterocycles. The van der Waals surface area contributed by atoms with Crippen molar-refractivity contribution in [1.82, 2.24) is 4.98 Å². The zero-order valence-corrected chi connectivity index (χ0v) is 10.4. The van der Waals surface area contributed by atoms with Gasteiger partial charge in [0.2, 0.25) is 5.89 Å². The Morgan fingerprint density at radius 2 is 1.89 bits per heavy atom. The lowest BCUT2D eigenvalue weighted by atomic mass is 10.2. The van der Waals surface area contributed by atoms with Gasteiger partial charge >= 0.3 is 0 Å². The van der Waals surface area contributed by atoms with Gasteiger partial charge in [0.25, 0.3) is 0 Å². The summed E-state index contributed by atoms with van der Waals surface area (Å²) in [4.78, 5) is 4.42. The number of oxazole rings is 1. The topological polar surface area (TPSA) is 35.3 Å². The molecular weight excluding hydrogens is 250 g/mol. The summed E-state index contributed by atoms with van der Waals surface area (Å²) in [6, 6.07) is 12.9. The summed E-state index contributed by atoms with van der Waals surface area (Å²) >= 11 is 5.85. The van der Waals surface area contributed by atoms with Crippen LogP contribution in [-0.2, 0) is 0 Å². The van der Waals surface area contributed by atoms with Crippen LogP contribution in [0.2, 0.25) is 5.02 Å². The van der Waals surface area contributed by atoms with Gasteiger partial charge < -0.3 is 9.15 Å². The van der Waals surface area contributed by atoms with Crippen LogP contribution in [0.15, 0.2) is 46.9 Å². The Kier molecular flexibility index (Phi) is 2.68. The number of ether oxygens (including phenoxy) is 1. The molecule has 4 heteroatoms. The van der Waals surface area contributed by atoms with Gasteiger partial charge in [-0.3, -0.25) is 0 Å². The van der Waals surface area contributed by atoms with Crippen molar-refractivity contribution < 1.29 is 9.15 Å². The molecule has 3 rings (SSSR count). The maximum atomic E-state index is 5.85. The zero-order valence-electron chi connectivity index (χ0n) is 9.68. The van der Waals surface area contributed by atoms with Crippen LogP contribution in [0.3, 0.4) is 0 Å². The smallest absolute Gasteiger partial charge is 0.227 e. The van der Waals surface area contributed by atoms with Crippen molar-refractivity contribution in [3.05, 3.63) is 47.5 Å². The van der Waals surface area contributed by atoms with Crippen LogP contribution in [0.25, 0.3) is 22.6 Å². The van der Waals surface area contributed by atoms with E-state index >= 15 is 0 Å². The molecule has 18 heavy (non-hydrogen) atoms. The molecule has 0 aliphatic rings. The molecule has 1 aromatic heterocycles. The molecule has 90 valence electrons. The second-order valence-electron chi connectivity index (χ2n) is 3.86. The van der Waals surface area contributed by atoms with Crippen LogP contribution in [-0.4, -0.2) is 12.1 Å². The number of rotatable bonds is 2. The van der Waals surface area contributed by atoms with Gasteiger partial charge in [-0.1, -0.05) is 11.6 Å². The van der Waals surface area contributed by atoms with Gasteiger partial charge in [0, 0.05) is 16.7 Å². The van der Waals surface area contributed by atoms with Crippen LogP contribution >= 0.6 is 11.6 Å². The van der Waals surface area contributed by atoms with E-state index in [-0.39, 0.29) is 0 Å². The van der Waals surface area contributed by atoms with E-state index in [2.05, 4.69) is 4.98 Å². The van der Waals surface area contributed by atoms with E-state index < -0.39 is 0 Å². The second-order valence-corrected chi connectivity index (χ2v) is 4.30. The molecule has 2 aromatic carbocycles. The van der Waals surface area contributed by atoms with Gasteiger partial charge in [-0.05, 0) is 36.4 Å². The van der Waals surface area contributed by atoms with Crippen molar-refractivity contribution in [2.24, 2.45) is 0 Å².